The molecule has 0 atom stereocenters. The van der Waals surface area contributed by atoms with Crippen LogP contribution in [0.25, 0.3) is 33.2 Å². The van der Waals surface area contributed by atoms with Crippen molar-refractivity contribution in [2.24, 2.45) is 0 Å². The molecule has 0 N–H and O–H groups in total. The van der Waals surface area contributed by atoms with Gasteiger partial charge in [0.25, 0.3) is 0 Å². The highest BCUT2D eigenvalue weighted by molar-refractivity contribution is 6.09. The van der Waals surface area contributed by atoms with Gasteiger partial charge in [0, 0.05) is 22.5 Å². The van der Waals surface area contributed by atoms with Gasteiger partial charge in [-0.2, -0.15) is 0 Å². The summed E-state index contributed by atoms with van der Waals surface area (Å²) in [6.07, 6.45) is 6.84. The van der Waals surface area contributed by atoms with Gasteiger partial charge in [0.05, 0.1) is 0 Å². The average molecular weight is 355 g/mol. The van der Waals surface area contributed by atoms with Gasteiger partial charge in [-0.15, -0.1) is 0 Å². The van der Waals surface area contributed by atoms with Crippen molar-refractivity contribution >= 4 is 21.9 Å². The van der Waals surface area contributed by atoms with Crippen LogP contribution in [0.4, 0.5) is 0 Å². The van der Waals surface area contributed by atoms with Crippen LogP contribution in [-0.2, 0) is 18.3 Å². The maximum atomic E-state index is 6.37. The largest absolute Gasteiger partial charge is 0.454 e. The van der Waals surface area contributed by atoms with Gasteiger partial charge in [-0.05, 0) is 72.1 Å². The summed E-state index contributed by atoms with van der Waals surface area (Å²) in [5, 5.41) is 2.39. The SMILES string of the molecule is CC(C)(C)c1cccc(-c2nccc3c2oc2cc4c(cc23)CCCC4)c1. The van der Waals surface area contributed by atoms with Crippen molar-refractivity contribution in [1.29, 1.82) is 0 Å². The quantitative estimate of drug-likeness (QED) is 0.374. The minimum Gasteiger partial charge on any atom is -0.454 e. The minimum atomic E-state index is 0.108. The lowest BCUT2D eigenvalue weighted by atomic mass is 9.86. The summed E-state index contributed by atoms with van der Waals surface area (Å²) in [5.41, 5.74) is 8.32. The number of hydrogen-bond donors (Lipinski definition) is 0. The summed E-state index contributed by atoms with van der Waals surface area (Å²) in [6.45, 7) is 6.73. The molecular formula is C25H25NO. The number of furan rings is 1. The molecule has 0 unspecified atom stereocenters. The predicted molar refractivity (Wildman–Crippen MR) is 112 cm³/mol. The molecule has 0 radical (unpaired) electrons. The number of fused-ring (bicyclic) bond motifs is 4. The molecule has 0 aliphatic heterocycles. The van der Waals surface area contributed by atoms with Gasteiger partial charge in [0.2, 0.25) is 0 Å². The molecule has 0 bridgehead atoms. The van der Waals surface area contributed by atoms with Gasteiger partial charge in [-0.3, -0.25) is 4.98 Å². The molecule has 27 heavy (non-hydrogen) atoms. The minimum absolute atomic E-state index is 0.108. The summed E-state index contributed by atoms with van der Waals surface area (Å²) in [7, 11) is 0. The number of benzene rings is 2. The Balaban J connectivity index is 1.74. The molecule has 0 spiro atoms. The summed E-state index contributed by atoms with van der Waals surface area (Å²) in [5.74, 6) is 0. The molecule has 0 saturated carbocycles. The van der Waals surface area contributed by atoms with Crippen LogP contribution >= 0.6 is 0 Å². The highest BCUT2D eigenvalue weighted by atomic mass is 16.3. The topological polar surface area (TPSA) is 26.0 Å². The smallest absolute Gasteiger partial charge is 0.161 e. The second kappa shape index (κ2) is 5.95. The maximum Gasteiger partial charge on any atom is 0.161 e. The Morgan fingerprint density at radius 2 is 1.67 bits per heavy atom. The van der Waals surface area contributed by atoms with E-state index in [1.807, 2.05) is 6.20 Å². The first kappa shape index (κ1) is 16.6. The third kappa shape index (κ3) is 2.75. The molecule has 0 fully saturated rings. The average Bonchev–Trinajstić information content (AvgIpc) is 3.03. The zero-order chi connectivity index (χ0) is 18.6. The Kier molecular flexibility index (Phi) is 3.65. The Morgan fingerprint density at radius 3 is 2.44 bits per heavy atom. The first-order valence-corrected chi connectivity index (χ1v) is 9.95. The van der Waals surface area contributed by atoms with Crippen LogP contribution < -0.4 is 0 Å². The van der Waals surface area contributed by atoms with Gasteiger partial charge < -0.3 is 4.42 Å². The summed E-state index contributed by atoms with van der Waals surface area (Å²) in [6, 6.07) is 15.4. The first-order valence-electron chi connectivity index (χ1n) is 9.95. The lowest BCUT2D eigenvalue weighted by Crippen LogP contribution is -2.10. The lowest BCUT2D eigenvalue weighted by molar-refractivity contribution is 0.590. The molecule has 4 aromatic rings. The van der Waals surface area contributed by atoms with Crippen LogP contribution in [0.1, 0.15) is 50.3 Å². The third-order valence-electron chi connectivity index (χ3n) is 5.85. The van der Waals surface area contributed by atoms with E-state index in [-0.39, 0.29) is 5.41 Å². The first-order chi connectivity index (χ1) is 13.0. The van der Waals surface area contributed by atoms with Crippen molar-refractivity contribution in [2.75, 3.05) is 0 Å². The molecule has 2 heteroatoms. The van der Waals surface area contributed by atoms with Crippen LogP contribution in [0.5, 0.6) is 0 Å². The molecule has 1 aliphatic carbocycles. The Labute approximate surface area is 160 Å². The second-order valence-corrected chi connectivity index (χ2v) is 8.79. The molecule has 0 saturated heterocycles. The van der Waals surface area contributed by atoms with Gasteiger partial charge in [0.15, 0.2) is 5.58 Å². The van der Waals surface area contributed by atoms with E-state index in [2.05, 4.69) is 63.2 Å². The molecule has 0 amide bonds. The highest BCUT2D eigenvalue weighted by Gasteiger charge is 2.19. The van der Waals surface area contributed by atoms with E-state index in [4.69, 9.17) is 9.40 Å². The molecule has 2 heterocycles. The number of nitrogens with zero attached hydrogens (tertiary/aromatic N) is 1. The van der Waals surface area contributed by atoms with E-state index >= 15 is 0 Å². The lowest BCUT2D eigenvalue weighted by Gasteiger charge is -2.19. The zero-order valence-electron chi connectivity index (χ0n) is 16.3. The van der Waals surface area contributed by atoms with Crippen LogP contribution in [-0.4, -0.2) is 4.98 Å². The Hall–Kier alpha value is -2.61. The van der Waals surface area contributed by atoms with Gasteiger partial charge in [0.1, 0.15) is 11.3 Å². The molecule has 2 nitrogen and oxygen atoms in total. The van der Waals surface area contributed by atoms with E-state index in [9.17, 15) is 0 Å². The molecular weight excluding hydrogens is 330 g/mol. The Bertz CT molecular complexity index is 1160. The number of aromatic nitrogens is 1. The van der Waals surface area contributed by atoms with Crippen LogP contribution in [0, 0.1) is 0 Å². The fourth-order valence-electron chi connectivity index (χ4n) is 4.27. The monoisotopic (exact) mass is 355 g/mol. The van der Waals surface area contributed by atoms with E-state index in [0.29, 0.717) is 0 Å². The van der Waals surface area contributed by atoms with Crippen LogP contribution in [0.2, 0.25) is 0 Å². The molecule has 5 rings (SSSR count). The fourth-order valence-corrected chi connectivity index (χ4v) is 4.27. The molecule has 136 valence electrons. The van der Waals surface area contributed by atoms with Gasteiger partial charge in [-0.25, -0.2) is 0 Å². The summed E-state index contributed by atoms with van der Waals surface area (Å²) in [4.78, 5) is 4.70. The number of aryl methyl sites for hydroxylation is 2. The van der Waals surface area contributed by atoms with E-state index < -0.39 is 0 Å². The van der Waals surface area contributed by atoms with Crippen molar-refractivity contribution in [3.8, 4) is 11.3 Å². The second-order valence-electron chi connectivity index (χ2n) is 8.79. The molecule has 2 aromatic heterocycles. The number of rotatable bonds is 1. The van der Waals surface area contributed by atoms with Gasteiger partial charge in [-0.1, -0.05) is 39.0 Å². The third-order valence-corrected chi connectivity index (χ3v) is 5.85. The number of pyridine rings is 1. The van der Waals surface area contributed by atoms with Gasteiger partial charge >= 0.3 is 0 Å². The number of hydrogen-bond acceptors (Lipinski definition) is 2. The standard InChI is InChI=1S/C25H25NO/c1-25(2,3)19-10-6-9-18(13-19)23-24-20(11-12-26-23)21-14-16-7-4-5-8-17(16)15-22(21)27-24/h6,9-15H,4-5,7-8H2,1-3H3. The van der Waals surface area contributed by atoms with Crippen molar-refractivity contribution in [2.45, 2.75) is 51.9 Å². The fraction of sp³-hybridized carbons (Fsp3) is 0.320. The van der Waals surface area contributed by atoms with Crippen LogP contribution in [0.3, 0.4) is 0 Å². The molecule has 2 aromatic carbocycles. The maximum absolute atomic E-state index is 6.37. The normalized spacial score (nSPS) is 14.6. The summed E-state index contributed by atoms with van der Waals surface area (Å²) < 4.78 is 6.37. The van der Waals surface area contributed by atoms with E-state index in [0.717, 1.165) is 22.4 Å². The van der Waals surface area contributed by atoms with Crippen molar-refractivity contribution in [3.05, 3.63) is 65.4 Å². The molecule has 1 aliphatic rings. The Morgan fingerprint density at radius 1 is 0.889 bits per heavy atom. The van der Waals surface area contributed by atoms with Crippen LogP contribution in [0.15, 0.2) is 53.1 Å². The van der Waals surface area contributed by atoms with Crippen molar-refractivity contribution in [3.63, 3.8) is 0 Å². The highest BCUT2D eigenvalue weighted by Crippen LogP contribution is 2.37. The van der Waals surface area contributed by atoms with Crippen molar-refractivity contribution in [1.82, 2.24) is 4.98 Å². The van der Waals surface area contributed by atoms with E-state index in [1.54, 1.807) is 0 Å². The van der Waals surface area contributed by atoms with E-state index in [1.165, 1.54) is 53.1 Å². The summed E-state index contributed by atoms with van der Waals surface area (Å²) >= 11 is 0. The predicted octanol–water partition coefficient (Wildman–Crippen LogP) is 6.82. The zero-order valence-corrected chi connectivity index (χ0v) is 16.3. The van der Waals surface area contributed by atoms with Crippen molar-refractivity contribution < 1.29 is 4.42 Å².